The molecule has 1 aromatic heterocycles. The van der Waals surface area contributed by atoms with E-state index in [0.717, 1.165) is 22.3 Å². The summed E-state index contributed by atoms with van der Waals surface area (Å²) >= 11 is 7.37. The number of aliphatic hydroxyl groups excluding tert-OH is 1. The smallest absolute Gasteiger partial charge is 0.191 e. The quantitative estimate of drug-likeness (QED) is 0.609. The number of nitrogens with zero attached hydrogens (tertiary/aromatic N) is 3. The zero-order valence-electron chi connectivity index (χ0n) is 13.5. The van der Waals surface area contributed by atoms with Gasteiger partial charge in [0.25, 0.3) is 0 Å². The maximum atomic E-state index is 9.08. The molecule has 1 N–H and O–H groups in total. The second kappa shape index (κ2) is 8.89. The Kier molecular flexibility index (Phi) is 6.33. The maximum absolute atomic E-state index is 9.08. The van der Waals surface area contributed by atoms with Crippen LogP contribution in [0.2, 0.25) is 5.02 Å². The van der Waals surface area contributed by atoms with Crippen molar-refractivity contribution < 1.29 is 9.84 Å². The molecule has 130 valence electrons. The Morgan fingerprint density at radius 3 is 2.52 bits per heavy atom. The summed E-state index contributed by atoms with van der Waals surface area (Å²) in [6, 6.07) is 17.3. The highest BCUT2D eigenvalue weighted by Crippen LogP contribution is 2.21. The first kappa shape index (κ1) is 17.8. The van der Waals surface area contributed by atoms with E-state index in [9.17, 15) is 0 Å². The van der Waals surface area contributed by atoms with Gasteiger partial charge in [0.15, 0.2) is 11.0 Å². The second-order valence-corrected chi connectivity index (χ2v) is 6.78. The summed E-state index contributed by atoms with van der Waals surface area (Å²) < 4.78 is 7.82. The molecule has 0 unspecified atom stereocenters. The van der Waals surface area contributed by atoms with Gasteiger partial charge in [-0.15, -0.1) is 10.2 Å². The summed E-state index contributed by atoms with van der Waals surface area (Å²) in [6.45, 7) is 1.06. The Hall–Kier alpha value is -2.02. The van der Waals surface area contributed by atoms with E-state index in [1.807, 2.05) is 34.9 Å². The molecule has 5 nitrogen and oxygen atoms in total. The van der Waals surface area contributed by atoms with Gasteiger partial charge in [-0.3, -0.25) is 4.57 Å². The van der Waals surface area contributed by atoms with Crippen molar-refractivity contribution in [3.05, 3.63) is 71.0 Å². The molecule has 25 heavy (non-hydrogen) atoms. The molecule has 0 spiro atoms. The maximum Gasteiger partial charge on any atom is 0.191 e. The van der Waals surface area contributed by atoms with Gasteiger partial charge in [0.05, 0.1) is 13.2 Å². The van der Waals surface area contributed by atoms with E-state index in [1.54, 1.807) is 12.1 Å². The number of aromatic nitrogens is 3. The minimum absolute atomic E-state index is 0.0967. The number of hydrogen-bond acceptors (Lipinski definition) is 5. The van der Waals surface area contributed by atoms with Crippen molar-refractivity contribution >= 4 is 23.4 Å². The molecule has 0 saturated carbocycles. The van der Waals surface area contributed by atoms with Crippen LogP contribution in [-0.4, -0.2) is 32.2 Å². The Bertz CT molecular complexity index is 794. The monoisotopic (exact) mass is 375 g/mol. The fourth-order valence-corrected chi connectivity index (χ4v) is 3.10. The van der Waals surface area contributed by atoms with Crippen LogP contribution < -0.4 is 4.74 Å². The molecule has 3 rings (SSSR count). The van der Waals surface area contributed by atoms with Gasteiger partial charge in [-0.2, -0.15) is 0 Å². The van der Waals surface area contributed by atoms with Gasteiger partial charge in [-0.25, -0.2) is 0 Å². The zero-order chi connectivity index (χ0) is 17.5. The predicted octanol–water partition coefficient (Wildman–Crippen LogP) is 3.64. The summed E-state index contributed by atoms with van der Waals surface area (Å²) in [6.07, 6.45) is 0. The van der Waals surface area contributed by atoms with Gasteiger partial charge in [0.1, 0.15) is 12.4 Å². The molecule has 0 aliphatic carbocycles. The van der Waals surface area contributed by atoms with Crippen molar-refractivity contribution in [2.24, 2.45) is 0 Å². The zero-order valence-corrected chi connectivity index (χ0v) is 15.1. The van der Waals surface area contributed by atoms with Crippen molar-refractivity contribution in [2.75, 3.05) is 12.4 Å². The van der Waals surface area contributed by atoms with Gasteiger partial charge < -0.3 is 9.84 Å². The minimum Gasteiger partial charge on any atom is -0.486 e. The van der Waals surface area contributed by atoms with Crippen LogP contribution in [-0.2, 0) is 13.2 Å². The van der Waals surface area contributed by atoms with Gasteiger partial charge >= 0.3 is 0 Å². The van der Waals surface area contributed by atoms with E-state index in [1.165, 1.54) is 11.8 Å². The van der Waals surface area contributed by atoms with E-state index < -0.39 is 0 Å². The van der Waals surface area contributed by atoms with Crippen molar-refractivity contribution in [1.29, 1.82) is 0 Å². The van der Waals surface area contributed by atoms with Crippen molar-refractivity contribution in [1.82, 2.24) is 14.8 Å². The standard InChI is InChI=1S/C18H18ClN3O2S/c19-15-6-8-16(9-7-15)24-13-17-20-21-18(25-11-10-23)22(17)12-14-4-2-1-3-5-14/h1-9,23H,10-13H2. The van der Waals surface area contributed by atoms with Crippen LogP contribution in [0.15, 0.2) is 59.8 Å². The Balaban J connectivity index is 1.77. The highest BCUT2D eigenvalue weighted by Gasteiger charge is 2.13. The van der Waals surface area contributed by atoms with Gasteiger partial charge in [0.2, 0.25) is 0 Å². The molecule has 3 aromatic rings. The average molecular weight is 376 g/mol. The Morgan fingerprint density at radius 2 is 1.80 bits per heavy atom. The summed E-state index contributed by atoms with van der Waals surface area (Å²) in [7, 11) is 0. The molecule has 2 aromatic carbocycles. The molecule has 0 atom stereocenters. The minimum atomic E-state index is 0.0967. The van der Waals surface area contributed by atoms with Gasteiger partial charge in [0, 0.05) is 10.8 Å². The molecular weight excluding hydrogens is 358 g/mol. The predicted molar refractivity (Wildman–Crippen MR) is 99.2 cm³/mol. The molecular formula is C18H18ClN3O2S. The fraction of sp³-hybridized carbons (Fsp3) is 0.222. The Labute approximate surface area is 155 Å². The van der Waals surface area contributed by atoms with Gasteiger partial charge in [-0.05, 0) is 29.8 Å². The van der Waals surface area contributed by atoms with Crippen molar-refractivity contribution in [2.45, 2.75) is 18.3 Å². The first-order chi connectivity index (χ1) is 12.3. The molecule has 0 aliphatic heterocycles. The largest absolute Gasteiger partial charge is 0.486 e. The fourth-order valence-electron chi connectivity index (χ4n) is 2.27. The number of aliphatic hydroxyl groups is 1. The number of rotatable bonds is 8. The van der Waals surface area contributed by atoms with Crippen LogP contribution in [0.3, 0.4) is 0 Å². The van der Waals surface area contributed by atoms with Crippen molar-refractivity contribution in [3.63, 3.8) is 0 Å². The molecule has 0 radical (unpaired) electrons. The van der Waals surface area contributed by atoms with Crippen LogP contribution in [0.5, 0.6) is 5.75 Å². The SMILES string of the molecule is OCCSc1nnc(COc2ccc(Cl)cc2)n1Cc1ccccc1. The summed E-state index contributed by atoms with van der Waals surface area (Å²) in [4.78, 5) is 0. The molecule has 1 heterocycles. The molecule has 0 aliphatic rings. The van der Waals surface area contributed by atoms with Crippen LogP contribution in [0.1, 0.15) is 11.4 Å². The number of ether oxygens (including phenoxy) is 1. The highest BCUT2D eigenvalue weighted by atomic mass is 35.5. The van der Waals surface area contributed by atoms with E-state index >= 15 is 0 Å². The Morgan fingerprint density at radius 1 is 1.04 bits per heavy atom. The topological polar surface area (TPSA) is 60.2 Å². The van der Waals surface area contributed by atoms with Crippen LogP contribution >= 0.6 is 23.4 Å². The number of benzene rings is 2. The first-order valence-electron chi connectivity index (χ1n) is 7.84. The first-order valence-corrected chi connectivity index (χ1v) is 9.20. The van der Waals surface area contributed by atoms with E-state index in [0.29, 0.717) is 23.9 Å². The van der Waals surface area contributed by atoms with Crippen LogP contribution in [0.25, 0.3) is 0 Å². The lowest BCUT2D eigenvalue weighted by atomic mass is 10.2. The third-order valence-electron chi connectivity index (χ3n) is 3.48. The lowest BCUT2D eigenvalue weighted by Crippen LogP contribution is -2.09. The normalized spacial score (nSPS) is 10.8. The van der Waals surface area contributed by atoms with E-state index in [-0.39, 0.29) is 6.61 Å². The van der Waals surface area contributed by atoms with Crippen molar-refractivity contribution in [3.8, 4) is 5.75 Å². The summed E-state index contributed by atoms with van der Waals surface area (Å²) in [5.74, 6) is 2.03. The summed E-state index contributed by atoms with van der Waals surface area (Å²) in [5, 5.41) is 19.0. The van der Waals surface area contributed by atoms with Gasteiger partial charge in [-0.1, -0.05) is 53.7 Å². The third-order valence-corrected chi connectivity index (χ3v) is 4.68. The molecule has 0 saturated heterocycles. The van der Waals surface area contributed by atoms with E-state index in [4.69, 9.17) is 21.4 Å². The molecule has 0 bridgehead atoms. The number of hydrogen-bond donors (Lipinski definition) is 1. The number of thioether (sulfide) groups is 1. The lowest BCUT2D eigenvalue weighted by Gasteiger charge is -2.11. The second-order valence-electron chi connectivity index (χ2n) is 5.29. The highest BCUT2D eigenvalue weighted by molar-refractivity contribution is 7.99. The summed E-state index contributed by atoms with van der Waals surface area (Å²) in [5.41, 5.74) is 1.15. The molecule has 7 heteroatoms. The molecule has 0 amide bonds. The van der Waals surface area contributed by atoms with Crippen LogP contribution in [0.4, 0.5) is 0 Å². The lowest BCUT2D eigenvalue weighted by molar-refractivity contribution is 0.289. The average Bonchev–Trinajstić information content (AvgIpc) is 3.02. The third kappa shape index (κ3) is 4.98. The molecule has 0 fully saturated rings. The van der Waals surface area contributed by atoms with E-state index in [2.05, 4.69) is 22.3 Å². The number of halogens is 1. The van der Waals surface area contributed by atoms with Crippen LogP contribution in [0, 0.1) is 0 Å².